The molecule has 23 heavy (non-hydrogen) atoms. The molecule has 2 bridgehead atoms. The number of piperidine rings is 1. The summed E-state index contributed by atoms with van der Waals surface area (Å²) >= 11 is 0. The van der Waals surface area contributed by atoms with Crippen LogP contribution in [-0.4, -0.2) is 48.2 Å². The van der Waals surface area contributed by atoms with Crippen LogP contribution in [0.3, 0.4) is 0 Å². The van der Waals surface area contributed by atoms with Crippen LogP contribution in [0.5, 0.6) is 11.5 Å². The van der Waals surface area contributed by atoms with Crippen LogP contribution < -0.4 is 9.47 Å². The monoisotopic (exact) mass is 316 g/mol. The number of fused-ring (bicyclic) bond motifs is 5. The van der Waals surface area contributed by atoms with E-state index in [1.165, 1.54) is 5.56 Å². The van der Waals surface area contributed by atoms with Gasteiger partial charge in [-0.05, 0) is 37.0 Å². The highest BCUT2D eigenvalue weighted by atomic mass is 16.7. The van der Waals surface area contributed by atoms with Crippen LogP contribution in [0.1, 0.15) is 31.7 Å². The number of ether oxygens (including phenoxy) is 2. The number of rotatable bonds is 4. The minimum Gasteiger partial charge on any atom is -0.454 e. The number of hydrogen-bond acceptors (Lipinski definition) is 4. The molecule has 5 nitrogen and oxygen atoms in total. The summed E-state index contributed by atoms with van der Waals surface area (Å²) in [6.07, 6.45) is 3.23. The predicted octanol–water partition coefficient (Wildman–Crippen LogP) is 2.25. The zero-order valence-corrected chi connectivity index (χ0v) is 13.7. The van der Waals surface area contributed by atoms with Crippen molar-refractivity contribution >= 4 is 5.91 Å². The summed E-state index contributed by atoms with van der Waals surface area (Å²) in [6, 6.07) is 6.54. The molecule has 0 aromatic heterocycles. The lowest BCUT2D eigenvalue weighted by Gasteiger charge is -2.35. The van der Waals surface area contributed by atoms with Crippen molar-refractivity contribution in [2.24, 2.45) is 5.92 Å². The third kappa shape index (κ3) is 2.78. The van der Waals surface area contributed by atoms with Crippen molar-refractivity contribution in [1.29, 1.82) is 0 Å². The van der Waals surface area contributed by atoms with Gasteiger partial charge in [0.2, 0.25) is 12.7 Å². The summed E-state index contributed by atoms with van der Waals surface area (Å²) in [7, 11) is 0. The van der Waals surface area contributed by atoms with E-state index in [1.807, 2.05) is 6.07 Å². The summed E-state index contributed by atoms with van der Waals surface area (Å²) in [5.41, 5.74) is 1.23. The van der Waals surface area contributed by atoms with Crippen molar-refractivity contribution in [3.05, 3.63) is 23.8 Å². The van der Waals surface area contributed by atoms with E-state index in [4.69, 9.17) is 9.47 Å². The molecule has 5 rings (SSSR count). The van der Waals surface area contributed by atoms with Gasteiger partial charge in [0.1, 0.15) is 0 Å². The Morgan fingerprint density at radius 3 is 2.91 bits per heavy atom. The minimum absolute atomic E-state index is 0.175. The van der Waals surface area contributed by atoms with E-state index in [0.717, 1.165) is 56.9 Å². The molecule has 3 saturated heterocycles. The Kier molecular flexibility index (Phi) is 3.89. The first-order valence-electron chi connectivity index (χ1n) is 8.66. The molecular weight excluding hydrogens is 292 g/mol. The van der Waals surface area contributed by atoms with Gasteiger partial charge in [0.05, 0.1) is 5.92 Å². The average molecular weight is 316 g/mol. The first-order chi connectivity index (χ1) is 11.2. The summed E-state index contributed by atoms with van der Waals surface area (Å²) in [5.74, 6) is 2.21. The number of nitrogens with zero attached hydrogens (tertiary/aromatic N) is 2. The van der Waals surface area contributed by atoms with Crippen LogP contribution in [-0.2, 0) is 11.3 Å². The second-order valence-electron chi connectivity index (χ2n) is 6.84. The molecule has 0 aliphatic carbocycles. The molecular formula is C18H24N2O3. The molecule has 4 heterocycles. The Morgan fingerprint density at radius 1 is 1.17 bits per heavy atom. The summed E-state index contributed by atoms with van der Waals surface area (Å²) in [6.45, 7) is 6.10. The van der Waals surface area contributed by atoms with E-state index in [9.17, 15) is 4.79 Å². The summed E-state index contributed by atoms with van der Waals surface area (Å²) in [5, 5.41) is 0. The number of amides is 1. The van der Waals surface area contributed by atoms with Crippen molar-refractivity contribution < 1.29 is 14.3 Å². The van der Waals surface area contributed by atoms with Crippen LogP contribution in [0.4, 0.5) is 0 Å². The Bertz CT molecular complexity index is 604. The van der Waals surface area contributed by atoms with Crippen molar-refractivity contribution in [3.63, 3.8) is 0 Å². The molecule has 1 aromatic rings. The zero-order valence-electron chi connectivity index (χ0n) is 13.7. The number of benzene rings is 1. The molecule has 1 aromatic carbocycles. The Labute approximate surface area is 137 Å². The first kappa shape index (κ1) is 14.8. The molecule has 0 unspecified atom stereocenters. The van der Waals surface area contributed by atoms with Crippen LogP contribution in [0, 0.1) is 5.92 Å². The lowest BCUT2D eigenvalue weighted by Crippen LogP contribution is -2.48. The average Bonchev–Trinajstić information content (AvgIpc) is 2.86. The normalized spacial score (nSPS) is 26.7. The number of hydrogen-bond donors (Lipinski definition) is 0. The van der Waals surface area contributed by atoms with Crippen molar-refractivity contribution in [1.82, 2.24) is 9.80 Å². The first-order valence-corrected chi connectivity index (χ1v) is 8.66. The van der Waals surface area contributed by atoms with E-state index in [2.05, 4.69) is 28.9 Å². The van der Waals surface area contributed by atoms with Gasteiger partial charge >= 0.3 is 0 Å². The lowest BCUT2D eigenvalue weighted by molar-refractivity contribution is -0.139. The second kappa shape index (κ2) is 6.04. The zero-order chi connectivity index (χ0) is 15.8. The SMILES string of the molecule is CCCN1C(=O)[C@@H]2CC[C@H]1CN(Cc1ccc3c(c1)OCO3)C2. The fourth-order valence-corrected chi connectivity index (χ4v) is 4.09. The van der Waals surface area contributed by atoms with Crippen LogP contribution >= 0.6 is 0 Å². The van der Waals surface area contributed by atoms with Gasteiger partial charge < -0.3 is 14.4 Å². The van der Waals surface area contributed by atoms with Gasteiger partial charge in [-0.2, -0.15) is 0 Å². The van der Waals surface area contributed by atoms with Gasteiger partial charge in [-0.3, -0.25) is 9.69 Å². The van der Waals surface area contributed by atoms with Crippen molar-refractivity contribution in [3.8, 4) is 11.5 Å². The molecule has 3 fully saturated rings. The van der Waals surface area contributed by atoms with Crippen molar-refractivity contribution in [2.45, 2.75) is 38.8 Å². The van der Waals surface area contributed by atoms with Gasteiger partial charge in [0.25, 0.3) is 0 Å². The van der Waals surface area contributed by atoms with Crippen LogP contribution in [0.25, 0.3) is 0 Å². The molecule has 4 aliphatic rings. The van der Waals surface area contributed by atoms with Crippen molar-refractivity contribution in [2.75, 3.05) is 26.4 Å². The molecule has 5 heteroatoms. The molecule has 0 saturated carbocycles. The molecule has 2 atom stereocenters. The minimum atomic E-state index is 0.175. The third-order valence-corrected chi connectivity index (χ3v) is 5.18. The summed E-state index contributed by atoms with van der Waals surface area (Å²) in [4.78, 5) is 17.2. The van der Waals surface area contributed by atoms with E-state index in [0.29, 0.717) is 18.7 Å². The fourth-order valence-electron chi connectivity index (χ4n) is 4.09. The molecule has 124 valence electrons. The Morgan fingerprint density at radius 2 is 2.04 bits per heavy atom. The van der Waals surface area contributed by atoms with E-state index >= 15 is 0 Å². The maximum atomic E-state index is 12.6. The maximum Gasteiger partial charge on any atom is 0.231 e. The highest BCUT2D eigenvalue weighted by Crippen LogP contribution is 2.34. The van der Waals surface area contributed by atoms with Gasteiger partial charge in [-0.25, -0.2) is 0 Å². The lowest BCUT2D eigenvalue weighted by atomic mass is 9.94. The van der Waals surface area contributed by atoms with E-state index in [-0.39, 0.29) is 5.92 Å². The fraction of sp³-hybridized carbons (Fsp3) is 0.611. The largest absolute Gasteiger partial charge is 0.454 e. The quantitative estimate of drug-likeness (QED) is 0.854. The highest BCUT2D eigenvalue weighted by molar-refractivity contribution is 5.80. The molecule has 1 amide bonds. The predicted molar refractivity (Wildman–Crippen MR) is 86.4 cm³/mol. The Balaban J connectivity index is 1.49. The van der Waals surface area contributed by atoms with E-state index < -0.39 is 0 Å². The highest BCUT2D eigenvalue weighted by Gasteiger charge is 2.40. The number of carbonyl (C=O) groups is 1. The second-order valence-corrected chi connectivity index (χ2v) is 6.84. The van der Waals surface area contributed by atoms with Crippen LogP contribution in [0.15, 0.2) is 18.2 Å². The van der Waals surface area contributed by atoms with Gasteiger partial charge in [-0.15, -0.1) is 0 Å². The summed E-state index contributed by atoms with van der Waals surface area (Å²) < 4.78 is 10.8. The maximum absolute atomic E-state index is 12.6. The van der Waals surface area contributed by atoms with E-state index in [1.54, 1.807) is 0 Å². The molecule has 0 radical (unpaired) electrons. The topological polar surface area (TPSA) is 42.0 Å². The Hall–Kier alpha value is -1.75. The van der Waals surface area contributed by atoms with Gasteiger partial charge in [-0.1, -0.05) is 13.0 Å². The smallest absolute Gasteiger partial charge is 0.231 e. The van der Waals surface area contributed by atoms with Gasteiger partial charge in [0, 0.05) is 32.2 Å². The number of carbonyl (C=O) groups excluding carboxylic acids is 1. The molecule has 0 N–H and O–H groups in total. The molecule has 0 spiro atoms. The molecule has 4 aliphatic heterocycles. The standard InChI is InChI=1S/C18H24N2O3/c1-2-7-20-15-5-4-14(18(20)21)10-19(11-15)9-13-3-6-16-17(8-13)23-12-22-16/h3,6,8,14-15H,2,4-5,7,9-12H2,1H3/t14-,15+/m1/s1. The van der Waals surface area contributed by atoms with Crippen LogP contribution in [0.2, 0.25) is 0 Å². The third-order valence-electron chi connectivity index (χ3n) is 5.18. The van der Waals surface area contributed by atoms with Gasteiger partial charge in [0.15, 0.2) is 11.5 Å².